The zero-order valence-electron chi connectivity index (χ0n) is 10.4. The first-order chi connectivity index (χ1) is 7.61. The Morgan fingerprint density at radius 3 is 2.94 bits per heavy atom. The molecule has 0 aromatic heterocycles. The molecular weight excluding hydrogens is 200 g/mol. The molecule has 0 unspecified atom stereocenters. The van der Waals surface area contributed by atoms with E-state index in [2.05, 4.69) is 29.3 Å². The van der Waals surface area contributed by atoms with Gasteiger partial charge in [0.25, 0.3) is 0 Å². The van der Waals surface area contributed by atoms with Gasteiger partial charge in [0.2, 0.25) is 0 Å². The van der Waals surface area contributed by atoms with E-state index in [9.17, 15) is 0 Å². The lowest BCUT2D eigenvalue weighted by Crippen LogP contribution is -2.21. The van der Waals surface area contributed by atoms with E-state index in [0.29, 0.717) is 6.54 Å². The van der Waals surface area contributed by atoms with Crippen LogP contribution >= 0.6 is 0 Å². The van der Waals surface area contributed by atoms with E-state index < -0.39 is 0 Å². The third-order valence-electron chi connectivity index (χ3n) is 2.13. The fourth-order valence-electron chi connectivity index (χ4n) is 1.60. The summed E-state index contributed by atoms with van der Waals surface area (Å²) in [4.78, 5) is 2.12. The number of hydrogen-bond acceptors (Lipinski definition) is 3. The highest BCUT2D eigenvalue weighted by atomic mass is 16.5. The molecule has 0 saturated heterocycles. The number of likely N-dealkylation sites (N-methyl/N-ethyl adjacent to an activating group) is 1. The van der Waals surface area contributed by atoms with Crippen molar-refractivity contribution in [2.45, 2.75) is 26.4 Å². The van der Waals surface area contributed by atoms with E-state index in [0.717, 1.165) is 24.3 Å². The second kappa shape index (κ2) is 6.38. The molecule has 90 valence electrons. The summed E-state index contributed by atoms with van der Waals surface area (Å²) in [6.45, 7) is 5.62. The molecule has 0 radical (unpaired) electrons. The summed E-state index contributed by atoms with van der Waals surface area (Å²) in [5, 5.41) is 0. The minimum Gasteiger partial charge on any atom is -0.493 e. The minimum absolute atomic E-state index is 0.229. The maximum Gasteiger partial charge on any atom is 0.116 e. The topological polar surface area (TPSA) is 38.5 Å². The Hall–Kier alpha value is -1.22. The van der Waals surface area contributed by atoms with Gasteiger partial charge in [0, 0.05) is 13.2 Å². The van der Waals surface area contributed by atoms with E-state index >= 15 is 0 Å². The first kappa shape index (κ1) is 12.8. The van der Waals surface area contributed by atoms with Crippen molar-refractivity contribution in [3.8, 4) is 0 Å². The third-order valence-corrected chi connectivity index (χ3v) is 2.13. The Bertz CT molecular complexity index is 303. The molecule has 0 aromatic carbocycles. The quantitative estimate of drug-likeness (QED) is 0.773. The highest BCUT2D eigenvalue weighted by molar-refractivity contribution is 5.34. The van der Waals surface area contributed by atoms with Crippen LogP contribution in [0.2, 0.25) is 0 Å². The lowest BCUT2D eigenvalue weighted by molar-refractivity contribution is 0.131. The Morgan fingerprint density at radius 2 is 2.31 bits per heavy atom. The normalized spacial score (nSPS) is 16.7. The minimum atomic E-state index is 0.229. The van der Waals surface area contributed by atoms with E-state index in [4.69, 9.17) is 10.5 Å². The zero-order valence-corrected chi connectivity index (χ0v) is 10.4. The molecule has 0 aromatic rings. The van der Waals surface area contributed by atoms with Crippen molar-refractivity contribution in [3.63, 3.8) is 0 Å². The molecule has 0 spiro atoms. The molecule has 0 saturated carbocycles. The molecule has 1 aliphatic heterocycles. The lowest BCUT2D eigenvalue weighted by Gasteiger charge is -2.24. The summed E-state index contributed by atoms with van der Waals surface area (Å²) in [6, 6.07) is 0. The van der Waals surface area contributed by atoms with Gasteiger partial charge in [-0.25, -0.2) is 0 Å². The van der Waals surface area contributed by atoms with Gasteiger partial charge in [-0.1, -0.05) is 12.2 Å². The van der Waals surface area contributed by atoms with Gasteiger partial charge in [0.1, 0.15) is 5.76 Å². The van der Waals surface area contributed by atoms with Crippen molar-refractivity contribution >= 4 is 0 Å². The van der Waals surface area contributed by atoms with Crippen LogP contribution in [0.1, 0.15) is 20.3 Å². The predicted octanol–water partition coefficient (Wildman–Crippen LogP) is 2.03. The van der Waals surface area contributed by atoms with Crippen LogP contribution in [-0.2, 0) is 4.74 Å². The lowest BCUT2D eigenvalue weighted by atomic mass is 10.1. The summed E-state index contributed by atoms with van der Waals surface area (Å²) in [6.07, 6.45) is 9.52. The summed E-state index contributed by atoms with van der Waals surface area (Å²) in [7, 11) is 2.05. The SMILES string of the molecule is CC(C)OC1=CC(C=CCCN)=CN(C)C1. The van der Waals surface area contributed by atoms with Crippen LogP contribution in [-0.4, -0.2) is 31.1 Å². The fourth-order valence-corrected chi connectivity index (χ4v) is 1.60. The van der Waals surface area contributed by atoms with Gasteiger partial charge in [-0.2, -0.15) is 0 Å². The number of rotatable bonds is 5. The standard InChI is InChI=1S/C13H22N2O/c1-11(2)16-13-8-12(6-4-5-7-14)9-15(3)10-13/h4,6,8-9,11H,5,7,10,14H2,1-3H3. The molecule has 1 heterocycles. The third kappa shape index (κ3) is 4.53. The molecule has 0 fully saturated rings. The van der Waals surface area contributed by atoms with Crippen LogP contribution in [0.4, 0.5) is 0 Å². The molecule has 1 rings (SSSR count). The molecule has 0 amide bonds. The first-order valence-corrected chi connectivity index (χ1v) is 5.77. The molecule has 0 aliphatic carbocycles. The largest absolute Gasteiger partial charge is 0.493 e. The molecule has 16 heavy (non-hydrogen) atoms. The average Bonchev–Trinajstić information content (AvgIpc) is 2.16. The smallest absolute Gasteiger partial charge is 0.116 e. The van der Waals surface area contributed by atoms with Crippen molar-refractivity contribution in [2.24, 2.45) is 5.73 Å². The number of ether oxygens (including phenoxy) is 1. The Kier molecular flexibility index (Phi) is 5.12. The maximum absolute atomic E-state index is 5.72. The van der Waals surface area contributed by atoms with Gasteiger partial charge >= 0.3 is 0 Å². The Labute approximate surface area is 98.3 Å². The zero-order chi connectivity index (χ0) is 12.0. The molecule has 1 aliphatic rings. The number of nitrogens with zero attached hydrogens (tertiary/aromatic N) is 1. The van der Waals surface area contributed by atoms with Crippen molar-refractivity contribution in [3.05, 3.63) is 35.8 Å². The maximum atomic E-state index is 5.72. The van der Waals surface area contributed by atoms with Crippen LogP contribution in [0.3, 0.4) is 0 Å². The van der Waals surface area contributed by atoms with Gasteiger partial charge in [0.15, 0.2) is 0 Å². The Balaban J connectivity index is 2.64. The molecule has 0 bridgehead atoms. The van der Waals surface area contributed by atoms with Gasteiger partial charge in [-0.15, -0.1) is 0 Å². The monoisotopic (exact) mass is 222 g/mol. The molecule has 3 heteroatoms. The Morgan fingerprint density at radius 1 is 1.56 bits per heavy atom. The second-order valence-electron chi connectivity index (χ2n) is 4.30. The van der Waals surface area contributed by atoms with Crippen LogP contribution in [0.15, 0.2) is 35.8 Å². The summed E-state index contributed by atoms with van der Waals surface area (Å²) >= 11 is 0. The predicted molar refractivity (Wildman–Crippen MR) is 67.8 cm³/mol. The molecule has 3 nitrogen and oxygen atoms in total. The highest BCUT2D eigenvalue weighted by Gasteiger charge is 2.09. The summed E-state index contributed by atoms with van der Waals surface area (Å²) in [5.74, 6) is 1.02. The van der Waals surface area contributed by atoms with Gasteiger partial charge in [0.05, 0.1) is 12.6 Å². The average molecular weight is 222 g/mol. The van der Waals surface area contributed by atoms with Crippen molar-refractivity contribution in [2.75, 3.05) is 20.1 Å². The second-order valence-corrected chi connectivity index (χ2v) is 4.30. The van der Waals surface area contributed by atoms with E-state index in [-0.39, 0.29) is 6.10 Å². The number of allylic oxidation sites excluding steroid dienone is 3. The van der Waals surface area contributed by atoms with Crippen LogP contribution < -0.4 is 5.73 Å². The van der Waals surface area contributed by atoms with Crippen molar-refractivity contribution in [1.82, 2.24) is 4.90 Å². The molecule has 2 N–H and O–H groups in total. The molecular formula is C13H22N2O. The van der Waals surface area contributed by atoms with Crippen LogP contribution in [0.5, 0.6) is 0 Å². The van der Waals surface area contributed by atoms with Crippen LogP contribution in [0.25, 0.3) is 0 Å². The number of hydrogen-bond donors (Lipinski definition) is 1. The summed E-state index contributed by atoms with van der Waals surface area (Å²) < 4.78 is 5.72. The first-order valence-electron chi connectivity index (χ1n) is 5.77. The van der Waals surface area contributed by atoms with Crippen molar-refractivity contribution < 1.29 is 4.74 Å². The van der Waals surface area contributed by atoms with Gasteiger partial charge in [-0.3, -0.25) is 0 Å². The fraction of sp³-hybridized carbons (Fsp3) is 0.538. The van der Waals surface area contributed by atoms with Crippen LogP contribution in [0, 0.1) is 0 Å². The summed E-state index contributed by atoms with van der Waals surface area (Å²) in [5.41, 5.74) is 6.61. The van der Waals surface area contributed by atoms with E-state index in [1.54, 1.807) is 0 Å². The number of nitrogens with two attached hydrogens (primary N) is 1. The van der Waals surface area contributed by atoms with Gasteiger partial charge < -0.3 is 15.4 Å². The highest BCUT2D eigenvalue weighted by Crippen LogP contribution is 2.16. The van der Waals surface area contributed by atoms with Crippen molar-refractivity contribution in [1.29, 1.82) is 0 Å². The van der Waals surface area contributed by atoms with E-state index in [1.807, 2.05) is 20.9 Å². The molecule has 0 atom stereocenters. The van der Waals surface area contributed by atoms with E-state index in [1.165, 1.54) is 0 Å². The van der Waals surface area contributed by atoms with Gasteiger partial charge in [-0.05, 0) is 38.5 Å².